The predicted molar refractivity (Wildman–Crippen MR) is 122 cm³/mol. The fourth-order valence-electron chi connectivity index (χ4n) is 3.94. The van der Waals surface area contributed by atoms with Crippen molar-refractivity contribution in [2.75, 3.05) is 5.75 Å². The fourth-order valence-corrected chi connectivity index (χ4v) is 6.21. The summed E-state index contributed by atoms with van der Waals surface area (Å²) in [5.41, 5.74) is 0.738. The molecule has 1 aliphatic rings. The largest absolute Gasteiger partial charge is 0.353 e. The zero-order valence-corrected chi connectivity index (χ0v) is 18.7. The van der Waals surface area contributed by atoms with Gasteiger partial charge < -0.3 is 5.32 Å². The molecule has 10 heteroatoms. The predicted octanol–water partition coefficient (Wildman–Crippen LogP) is 3.76. The third-order valence-corrected chi connectivity index (χ3v) is 8.06. The molecule has 0 aromatic carbocycles. The molecule has 156 valence electrons. The van der Waals surface area contributed by atoms with E-state index in [0.29, 0.717) is 28.2 Å². The number of thioether (sulfide) groups is 1. The Labute approximate surface area is 185 Å². The molecule has 1 N–H and O–H groups in total. The fraction of sp³-hybridized carbons (Fsp3) is 0.400. The lowest BCUT2D eigenvalue weighted by molar-refractivity contribution is -0.119. The topological polar surface area (TPSA) is 81.3 Å². The average molecular weight is 460 g/mol. The molecular weight excluding hydrogens is 438 g/mol. The van der Waals surface area contributed by atoms with Crippen LogP contribution in [0, 0.1) is 0 Å². The number of hydrogen-bond acceptors (Lipinski definition) is 7. The van der Waals surface area contributed by atoms with Crippen LogP contribution in [0.25, 0.3) is 16.0 Å². The molecule has 0 atom stereocenters. The lowest BCUT2D eigenvalue weighted by Crippen LogP contribution is -2.37. The summed E-state index contributed by atoms with van der Waals surface area (Å²) in [6.45, 7) is 0.457. The monoisotopic (exact) mass is 459 g/mol. The Bertz CT molecular complexity index is 1230. The molecule has 30 heavy (non-hydrogen) atoms. The van der Waals surface area contributed by atoms with Crippen LogP contribution in [0.5, 0.6) is 0 Å². The minimum absolute atomic E-state index is 0.0251. The van der Waals surface area contributed by atoms with E-state index in [2.05, 4.69) is 15.5 Å². The van der Waals surface area contributed by atoms with Gasteiger partial charge in [0.05, 0.1) is 17.8 Å². The summed E-state index contributed by atoms with van der Waals surface area (Å²) in [5.74, 6) is 0.819. The van der Waals surface area contributed by atoms with Crippen LogP contribution in [0.2, 0.25) is 0 Å². The molecule has 4 heterocycles. The van der Waals surface area contributed by atoms with Crippen LogP contribution in [0.1, 0.15) is 37.0 Å². The van der Waals surface area contributed by atoms with E-state index >= 15 is 0 Å². The van der Waals surface area contributed by atoms with E-state index in [-0.39, 0.29) is 17.2 Å². The second-order valence-electron chi connectivity index (χ2n) is 7.41. The molecule has 5 rings (SSSR count). The molecule has 4 aromatic rings. The van der Waals surface area contributed by atoms with Gasteiger partial charge in [0, 0.05) is 10.9 Å². The van der Waals surface area contributed by atoms with Crippen LogP contribution in [0.4, 0.5) is 0 Å². The second kappa shape index (κ2) is 8.52. The lowest BCUT2D eigenvalue weighted by atomic mass is 9.95. The van der Waals surface area contributed by atoms with Crippen molar-refractivity contribution in [3.63, 3.8) is 0 Å². The highest BCUT2D eigenvalue weighted by Crippen LogP contribution is 2.25. The molecule has 0 radical (unpaired) electrons. The molecule has 0 aliphatic heterocycles. The normalized spacial score (nSPS) is 15.2. The molecule has 1 fully saturated rings. The van der Waals surface area contributed by atoms with Crippen LogP contribution in [-0.4, -0.2) is 36.9 Å². The summed E-state index contributed by atoms with van der Waals surface area (Å²) in [5, 5.41) is 16.3. The number of hydrogen-bond donors (Lipinski definition) is 1. The van der Waals surface area contributed by atoms with Crippen molar-refractivity contribution in [3.8, 4) is 0 Å². The van der Waals surface area contributed by atoms with Gasteiger partial charge in [-0.2, -0.15) is 0 Å². The lowest BCUT2D eigenvalue weighted by Gasteiger charge is -2.22. The molecular formula is C20H21N5O2S3. The Balaban J connectivity index is 1.44. The molecule has 0 bridgehead atoms. The van der Waals surface area contributed by atoms with Gasteiger partial charge in [0.2, 0.25) is 11.7 Å². The average Bonchev–Trinajstić information content (AvgIpc) is 3.50. The Kier molecular flexibility index (Phi) is 5.62. The van der Waals surface area contributed by atoms with E-state index in [1.165, 1.54) is 42.4 Å². The minimum Gasteiger partial charge on any atom is -0.353 e. The zero-order chi connectivity index (χ0) is 20.5. The number of carbonyl (C=O) groups is 1. The van der Waals surface area contributed by atoms with Crippen molar-refractivity contribution >= 4 is 56.3 Å². The molecule has 4 aromatic heterocycles. The molecule has 0 unspecified atom stereocenters. The van der Waals surface area contributed by atoms with Crippen molar-refractivity contribution in [2.24, 2.45) is 0 Å². The Morgan fingerprint density at radius 1 is 1.17 bits per heavy atom. The molecule has 1 aliphatic carbocycles. The van der Waals surface area contributed by atoms with Gasteiger partial charge in [-0.05, 0) is 35.7 Å². The first-order valence-electron chi connectivity index (χ1n) is 10.0. The summed E-state index contributed by atoms with van der Waals surface area (Å²) in [4.78, 5) is 26.6. The van der Waals surface area contributed by atoms with Gasteiger partial charge in [-0.25, -0.2) is 0 Å². The van der Waals surface area contributed by atoms with Crippen LogP contribution >= 0.6 is 34.4 Å². The summed E-state index contributed by atoms with van der Waals surface area (Å²) in [6, 6.07) is 6.19. The smallest absolute Gasteiger partial charge is 0.273 e. The maximum atomic E-state index is 13.1. The van der Waals surface area contributed by atoms with Crippen molar-refractivity contribution in [1.82, 2.24) is 24.5 Å². The van der Waals surface area contributed by atoms with E-state index in [1.54, 1.807) is 15.9 Å². The molecule has 0 spiro atoms. The minimum atomic E-state index is -0.0557. The summed E-state index contributed by atoms with van der Waals surface area (Å²) < 4.78 is 4.25. The zero-order valence-electron chi connectivity index (χ0n) is 16.2. The third-order valence-electron chi connectivity index (χ3n) is 5.38. The first-order chi connectivity index (χ1) is 14.7. The standard InChI is InChI=1S/C20H21N5O2S3/c26-16(21-13-5-2-1-3-6-13)12-30-20-23-22-19-24(11-14-7-4-9-28-14)18(27)17-15(25(19)20)8-10-29-17/h4,7-10,13H,1-3,5-6,11-12H2,(H,21,26). The number of fused-ring (bicyclic) bond motifs is 3. The van der Waals surface area contributed by atoms with E-state index in [4.69, 9.17) is 0 Å². The molecule has 1 amide bonds. The van der Waals surface area contributed by atoms with Gasteiger partial charge >= 0.3 is 0 Å². The Morgan fingerprint density at radius 2 is 2.03 bits per heavy atom. The van der Waals surface area contributed by atoms with Crippen molar-refractivity contribution in [1.29, 1.82) is 0 Å². The number of amides is 1. The third kappa shape index (κ3) is 3.79. The highest BCUT2D eigenvalue weighted by molar-refractivity contribution is 7.99. The van der Waals surface area contributed by atoms with Crippen molar-refractivity contribution < 1.29 is 4.79 Å². The highest BCUT2D eigenvalue weighted by Gasteiger charge is 2.20. The first kappa shape index (κ1) is 19.8. The van der Waals surface area contributed by atoms with Gasteiger partial charge in [-0.15, -0.1) is 32.9 Å². The maximum absolute atomic E-state index is 13.1. The van der Waals surface area contributed by atoms with Crippen molar-refractivity contribution in [2.45, 2.75) is 49.8 Å². The number of rotatable bonds is 6. The number of aromatic nitrogens is 4. The van der Waals surface area contributed by atoms with Crippen LogP contribution in [0.3, 0.4) is 0 Å². The summed E-state index contributed by atoms with van der Waals surface area (Å²) >= 11 is 4.39. The summed E-state index contributed by atoms with van der Waals surface area (Å²) in [6.07, 6.45) is 5.76. The van der Waals surface area contributed by atoms with Gasteiger partial charge in [0.25, 0.3) is 5.56 Å². The van der Waals surface area contributed by atoms with E-state index in [0.717, 1.165) is 23.2 Å². The van der Waals surface area contributed by atoms with Gasteiger partial charge in [0.1, 0.15) is 4.70 Å². The number of carbonyl (C=O) groups excluding carboxylic acids is 1. The van der Waals surface area contributed by atoms with Crippen LogP contribution in [-0.2, 0) is 11.3 Å². The van der Waals surface area contributed by atoms with Gasteiger partial charge in [-0.1, -0.05) is 37.1 Å². The quantitative estimate of drug-likeness (QED) is 0.444. The van der Waals surface area contributed by atoms with Crippen LogP contribution < -0.4 is 10.9 Å². The van der Waals surface area contributed by atoms with Crippen LogP contribution in [0.15, 0.2) is 38.9 Å². The summed E-state index contributed by atoms with van der Waals surface area (Å²) in [7, 11) is 0. The molecule has 7 nitrogen and oxygen atoms in total. The van der Waals surface area contributed by atoms with Crippen molar-refractivity contribution in [3.05, 3.63) is 44.2 Å². The number of thiophene rings is 2. The maximum Gasteiger partial charge on any atom is 0.273 e. The van der Waals surface area contributed by atoms with E-state index < -0.39 is 0 Å². The number of nitrogens with zero attached hydrogens (tertiary/aromatic N) is 4. The highest BCUT2D eigenvalue weighted by atomic mass is 32.2. The molecule has 1 saturated carbocycles. The first-order valence-corrected chi connectivity index (χ1v) is 12.7. The van der Waals surface area contributed by atoms with E-state index in [1.807, 2.05) is 33.4 Å². The van der Waals surface area contributed by atoms with Gasteiger partial charge in [0.15, 0.2) is 5.16 Å². The Morgan fingerprint density at radius 3 is 2.83 bits per heavy atom. The second-order valence-corrected chi connectivity index (χ2v) is 10.3. The van der Waals surface area contributed by atoms with E-state index in [9.17, 15) is 9.59 Å². The Hall–Kier alpha value is -2.17. The SMILES string of the molecule is O=C(CSc1nnc2n(Cc3cccs3)c(=O)c3sccc3n12)NC1CCCCC1. The number of nitrogens with one attached hydrogen (secondary N) is 1. The molecule has 0 saturated heterocycles. The van der Waals surface area contributed by atoms with Gasteiger partial charge in [-0.3, -0.25) is 18.6 Å².